The lowest BCUT2D eigenvalue weighted by atomic mass is 10.1. The molecular weight excluding hydrogens is 171 g/mol. The summed E-state index contributed by atoms with van der Waals surface area (Å²) in [6.45, 7) is 2.20. The van der Waals surface area contributed by atoms with Gasteiger partial charge < -0.3 is 0 Å². The van der Waals surface area contributed by atoms with Crippen molar-refractivity contribution in [2.75, 3.05) is 6.16 Å². The molecule has 12 heavy (non-hydrogen) atoms. The molecule has 1 N–H and O–H groups in total. The monoisotopic (exact) mass is 191 g/mol. The van der Waals surface area contributed by atoms with Crippen LogP contribution in [0, 0.1) is 0 Å². The third-order valence-corrected chi connectivity index (χ3v) is 2.65. The van der Waals surface area contributed by atoms with Crippen molar-refractivity contribution in [3.63, 3.8) is 0 Å². The van der Waals surface area contributed by atoms with Gasteiger partial charge in [-0.05, 0) is 17.4 Å². The Kier molecular flexibility index (Phi) is 9.20. The fourth-order valence-electron chi connectivity index (χ4n) is 1.20. The van der Waals surface area contributed by atoms with Crippen LogP contribution in [0.3, 0.4) is 0 Å². The molecular formula is C9H20O2P+. The summed E-state index contributed by atoms with van der Waals surface area (Å²) in [6.07, 6.45) is 8.96. The van der Waals surface area contributed by atoms with E-state index < -0.39 is 8.03 Å². The topological polar surface area (TPSA) is 37.3 Å². The molecule has 0 fully saturated rings. The second-order valence-corrected chi connectivity index (χ2v) is 4.35. The van der Waals surface area contributed by atoms with E-state index in [1.807, 2.05) is 0 Å². The first-order valence-electron chi connectivity index (χ1n) is 4.91. The minimum atomic E-state index is -1.88. The van der Waals surface area contributed by atoms with Crippen LogP contribution in [-0.2, 0) is 4.57 Å². The van der Waals surface area contributed by atoms with Crippen LogP contribution in [0.2, 0.25) is 0 Å². The largest absolute Gasteiger partial charge is 0.505 e. The highest BCUT2D eigenvalue weighted by Gasteiger charge is 2.07. The van der Waals surface area contributed by atoms with E-state index in [4.69, 9.17) is 4.89 Å². The van der Waals surface area contributed by atoms with Gasteiger partial charge in [-0.1, -0.05) is 39.0 Å². The Morgan fingerprint density at radius 2 is 1.50 bits per heavy atom. The molecule has 0 aliphatic carbocycles. The quantitative estimate of drug-likeness (QED) is 0.471. The standard InChI is InChI=1S/C9H19O2P/c1-2-3-4-5-6-7-8-9-12(10)11/h2-9H2,1H3/p+1. The number of hydrogen-bond acceptors (Lipinski definition) is 1. The molecule has 0 aliphatic heterocycles. The molecule has 0 aliphatic rings. The van der Waals surface area contributed by atoms with E-state index >= 15 is 0 Å². The van der Waals surface area contributed by atoms with Gasteiger partial charge in [-0.25, -0.2) is 0 Å². The lowest BCUT2D eigenvalue weighted by Gasteiger charge is -1.96. The van der Waals surface area contributed by atoms with Gasteiger partial charge in [0.2, 0.25) is 0 Å². The van der Waals surface area contributed by atoms with Crippen molar-refractivity contribution in [1.29, 1.82) is 0 Å². The maximum Gasteiger partial charge on any atom is 0.505 e. The summed E-state index contributed by atoms with van der Waals surface area (Å²) in [5.74, 6) is 0. The van der Waals surface area contributed by atoms with Gasteiger partial charge in [0.15, 0.2) is 6.16 Å². The second-order valence-electron chi connectivity index (χ2n) is 3.20. The normalized spacial score (nSPS) is 11.7. The SMILES string of the molecule is CCCCCCCCC[P+](=O)O. The summed E-state index contributed by atoms with van der Waals surface area (Å²) in [7, 11) is -1.88. The van der Waals surface area contributed by atoms with Crippen molar-refractivity contribution in [2.45, 2.75) is 51.9 Å². The smallest absolute Gasteiger partial charge is 0.161 e. The minimum absolute atomic E-state index is 0.489. The molecule has 0 rings (SSSR count). The molecule has 3 heteroatoms. The number of hydrogen-bond donors (Lipinski definition) is 1. The first kappa shape index (κ1) is 12.1. The molecule has 2 nitrogen and oxygen atoms in total. The molecule has 0 radical (unpaired) electrons. The third-order valence-electron chi connectivity index (χ3n) is 1.95. The van der Waals surface area contributed by atoms with E-state index in [1.165, 1.54) is 32.1 Å². The third kappa shape index (κ3) is 10.1. The summed E-state index contributed by atoms with van der Waals surface area (Å²) >= 11 is 0. The first-order valence-corrected chi connectivity index (χ1v) is 6.30. The Balaban J connectivity index is 2.86. The van der Waals surface area contributed by atoms with Crippen LogP contribution in [0.1, 0.15) is 51.9 Å². The zero-order valence-corrected chi connectivity index (χ0v) is 8.85. The van der Waals surface area contributed by atoms with E-state index in [2.05, 4.69) is 6.92 Å². The van der Waals surface area contributed by atoms with Gasteiger partial charge >= 0.3 is 8.03 Å². The molecule has 1 atom stereocenters. The van der Waals surface area contributed by atoms with Crippen LogP contribution in [0.4, 0.5) is 0 Å². The molecule has 1 unspecified atom stereocenters. The van der Waals surface area contributed by atoms with Gasteiger partial charge in [-0.2, -0.15) is 4.89 Å². The van der Waals surface area contributed by atoms with Crippen molar-refractivity contribution in [2.24, 2.45) is 0 Å². The number of unbranched alkanes of at least 4 members (excludes halogenated alkanes) is 6. The molecule has 0 aromatic rings. The van der Waals surface area contributed by atoms with Crippen LogP contribution in [0.5, 0.6) is 0 Å². The molecule has 0 aromatic heterocycles. The maximum atomic E-state index is 10.3. The lowest BCUT2D eigenvalue weighted by molar-refractivity contribution is 0.498. The minimum Gasteiger partial charge on any atom is -0.161 e. The van der Waals surface area contributed by atoms with Gasteiger partial charge in [0.05, 0.1) is 0 Å². The highest BCUT2D eigenvalue weighted by atomic mass is 31.1. The van der Waals surface area contributed by atoms with E-state index in [9.17, 15) is 4.57 Å². The molecule has 0 amide bonds. The van der Waals surface area contributed by atoms with E-state index in [1.54, 1.807) is 0 Å². The van der Waals surface area contributed by atoms with Gasteiger partial charge in [-0.3, -0.25) is 0 Å². The Bertz CT molecular complexity index is 115. The molecule has 0 heterocycles. The highest BCUT2D eigenvalue weighted by Crippen LogP contribution is 2.16. The summed E-state index contributed by atoms with van der Waals surface area (Å²) in [4.78, 5) is 8.50. The van der Waals surface area contributed by atoms with Crippen molar-refractivity contribution in [3.8, 4) is 0 Å². The predicted molar refractivity (Wildman–Crippen MR) is 52.7 cm³/mol. The van der Waals surface area contributed by atoms with Gasteiger partial charge in [0.25, 0.3) is 0 Å². The second kappa shape index (κ2) is 9.15. The molecule has 0 saturated heterocycles. The van der Waals surface area contributed by atoms with Crippen molar-refractivity contribution < 1.29 is 9.46 Å². The summed E-state index contributed by atoms with van der Waals surface area (Å²) in [5.41, 5.74) is 0. The lowest BCUT2D eigenvalue weighted by Crippen LogP contribution is -1.81. The Labute approximate surface area is 76.2 Å². The van der Waals surface area contributed by atoms with Crippen LogP contribution >= 0.6 is 8.03 Å². The predicted octanol–water partition coefficient (Wildman–Crippen LogP) is 3.47. The Morgan fingerprint density at radius 3 is 2.00 bits per heavy atom. The summed E-state index contributed by atoms with van der Waals surface area (Å²) < 4.78 is 10.3. The molecule has 0 saturated carbocycles. The van der Waals surface area contributed by atoms with Crippen LogP contribution < -0.4 is 0 Å². The van der Waals surface area contributed by atoms with Crippen LogP contribution in [0.25, 0.3) is 0 Å². The zero-order chi connectivity index (χ0) is 9.23. The first-order chi connectivity index (χ1) is 5.77. The fourth-order valence-corrected chi connectivity index (χ4v) is 1.70. The van der Waals surface area contributed by atoms with E-state index in [0.29, 0.717) is 6.16 Å². The van der Waals surface area contributed by atoms with Crippen molar-refractivity contribution >= 4 is 8.03 Å². The molecule has 72 valence electrons. The van der Waals surface area contributed by atoms with Gasteiger partial charge in [0, 0.05) is 0 Å². The molecule has 0 spiro atoms. The number of rotatable bonds is 8. The maximum absolute atomic E-state index is 10.3. The average Bonchev–Trinajstić information content (AvgIpc) is 2.02. The zero-order valence-electron chi connectivity index (χ0n) is 7.96. The summed E-state index contributed by atoms with van der Waals surface area (Å²) in [6, 6.07) is 0. The Morgan fingerprint density at radius 1 is 1.00 bits per heavy atom. The highest BCUT2D eigenvalue weighted by molar-refractivity contribution is 7.37. The van der Waals surface area contributed by atoms with Gasteiger partial charge in [0.1, 0.15) is 0 Å². The van der Waals surface area contributed by atoms with Crippen LogP contribution in [-0.4, -0.2) is 11.1 Å². The van der Waals surface area contributed by atoms with Crippen LogP contribution in [0.15, 0.2) is 0 Å². The fraction of sp³-hybridized carbons (Fsp3) is 1.00. The molecule has 0 aromatic carbocycles. The Hall–Kier alpha value is 0.0600. The van der Waals surface area contributed by atoms with Crippen molar-refractivity contribution in [1.82, 2.24) is 0 Å². The molecule has 0 bridgehead atoms. The summed E-state index contributed by atoms with van der Waals surface area (Å²) in [5, 5.41) is 0. The van der Waals surface area contributed by atoms with E-state index in [0.717, 1.165) is 12.8 Å². The van der Waals surface area contributed by atoms with Crippen molar-refractivity contribution in [3.05, 3.63) is 0 Å². The van der Waals surface area contributed by atoms with E-state index in [-0.39, 0.29) is 0 Å². The average molecular weight is 191 g/mol. The van der Waals surface area contributed by atoms with Gasteiger partial charge in [-0.15, -0.1) is 0 Å².